The van der Waals surface area contributed by atoms with Gasteiger partial charge < -0.3 is 49.7 Å². The van der Waals surface area contributed by atoms with E-state index in [1.165, 1.54) is 0 Å². The van der Waals surface area contributed by atoms with Gasteiger partial charge >= 0.3 is 5.97 Å². The molecular weight excluding hydrogens is 496 g/mol. The summed E-state index contributed by atoms with van der Waals surface area (Å²) in [4.78, 5) is 56.9. The maximum atomic E-state index is 12.8. The molecule has 1 aromatic rings. The number of aliphatic imine (C=N–C) groups is 2. The van der Waals surface area contributed by atoms with Gasteiger partial charge in [-0.15, -0.1) is 0 Å². The van der Waals surface area contributed by atoms with Gasteiger partial charge in [-0.05, 0) is 31.2 Å². The number of amides is 3. The zero-order chi connectivity index (χ0) is 28.5. The van der Waals surface area contributed by atoms with Crippen molar-refractivity contribution in [2.75, 3.05) is 19.6 Å². The average Bonchev–Trinajstić information content (AvgIpc) is 2.86. The predicted octanol–water partition coefficient (Wildman–Crippen LogP) is -3.17. The van der Waals surface area contributed by atoms with Gasteiger partial charge in [0.05, 0.1) is 12.6 Å². The standard InChI is InChI=1S/C23H38N10O5/c24-15(8-4-10-29-22(25)26)19(35)33-16(9-5-11-30-23(27)28)20(36)31-13-18(34)32-17(21(37)38)12-14-6-2-1-3-7-14/h1-3,6-7,15-17H,4-5,8-13,24H2,(H,31,36)(H,32,34)(H,33,35)(H,37,38)(H4,25,26,29)(H4,27,28,30). The minimum absolute atomic E-state index is 0.0698. The number of nitrogens with zero attached hydrogens (tertiary/aromatic N) is 2. The summed E-state index contributed by atoms with van der Waals surface area (Å²) in [6, 6.07) is 5.65. The fourth-order valence-electron chi connectivity index (χ4n) is 3.29. The highest BCUT2D eigenvalue weighted by Crippen LogP contribution is 2.04. The normalized spacial score (nSPS) is 12.8. The van der Waals surface area contributed by atoms with E-state index in [1.54, 1.807) is 30.3 Å². The van der Waals surface area contributed by atoms with E-state index in [-0.39, 0.29) is 37.7 Å². The Morgan fingerprint density at radius 1 is 0.816 bits per heavy atom. The van der Waals surface area contributed by atoms with Crippen LogP contribution in [-0.2, 0) is 25.6 Å². The molecule has 3 unspecified atom stereocenters. The third-order valence-corrected chi connectivity index (χ3v) is 5.22. The van der Waals surface area contributed by atoms with E-state index in [4.69, 9.17) is 28.7 Å². The zero-order valence-corrected chi connectivity index (χ0v) is 21.1. The van der Waals surface area contributed by atoms with Gasteiger partial charge in [-0.2, -0.15) is 0 Å². The van der Waals surface area contributed by atoms with Crippen LogP contribution in [0, 0.1) is 0 Å². The molecule has 0 radical (unpaired) electrons. The first kappa shape index (κ1) is 31.6. The molecule has 14 N–H and O–H groups in total. The van der Waals surface area contributed by atoms with Gasteiger partial charge in [-0.3, -0.25) is 24.4 Å². The SMILES string of the molecule is NC(N)=NCCCC(N)C(=O)NC(CCCN=C(N)N)C(=O)NCC(=O)NC(Cc1ccccc1)C(=O)O. The number of carbonyl (C=O) groups excluding carboxylic acids is 3. The van der Waals surface area contributed by atoms with Crippen LogP contribution in [0.1, 0.15) is 31.2 Å². The minimum atomic E-state index is -1.22. The van der Waals surface area contributed by atoms with E-state index in [0.717, 1.165) is 5.56 Å². The molecule has 3 atom stereocenters. The molecule has 0 aliphatic heterocycles. The Balaban J connectivity index is 2.70. The molecule has 0 saturated heterocycles. The number of nitrogens with two attached hydrogens (primary N) is 5. The minimum Gasteiger partial charge on any atom is -0.480 e. The first-order valence-electron chi connectivity index (χ1n) is 12.0. The fourth-order valence-corrected chi connectivity index (χ4v) is 3.29. The van der Waals surface area contributed by atoms with Gasteiger partial charge in [0.1, 0.15) is 12.1 Å². The van der Waals surface area contributed by atoms with Crippen LogP contribution in [0.15, 0.2) is 40.3 Å². The number of carboxylic acid groups (broad SMARTS) is 1. The van der Waals surface area contributed by atoms with Gasteiger partial charge in [-0.1, -0.05) is 30.3 Å². The van der Waals surface area contributed by atoms with Crippen molar-refractivity contribution >= 4 is 35.6 Å². The first-order chi connectivity index (χ1) is 18.0. The number of carbonyl (C=O) groups is 4. The second-order valence-electron chi connectivity index (χ2n) is 8.43. The number of rotatable bonds is 17. The van der Waals surface area contributed by atoms with Crippen LogP contribution >= 0.6 is 0 Å². The summed E-state index contributed by atoms with van der Waals surface area (Å²) in [7, 11) is 0. The highest BCUT2D eigenvalue weighted by molar-refractivity contribution is 5.92. The molecule has 3 amide bonds. The Morgan fingerprint density at radius 2 is 1.39 bits per heavy atom. The van der Waals surface area contributed by atoms with E-state index in [0.29, 0.717) is 19.4 Å². The summed E-state index contributed by atoms with van der Waals surface area (Å²) in [5, 5.41) is 16.8. The lowest BCUT2D eigenvalue weighted by Crippen LogP contribution is -2.53. The lowest BCUT2D eigenvalue weighted by molar-refractivity contribution is -0.141. The van der Waals surface area contributed by atoms with E-state index in [2.05, 4.69) is 25.9 Å². The molecule has 210 valence electrons. The first-order valence-corrected chi connectivity index (χ1v) is 12.0. The monoisotopic (exact) mass is 534 g/mol. The molecule has 0 aromatic heterocycles. The van der Waals surface area contributed by atoms with E-state index in [1.807, 2.05) is 0 Å². The second-order valence-corrected chi connectivity index (χ2v) is 8.43. The number of aliphatic carboxylic acids is 1. The third-order valence-electron chi connectivity index (χ3n) is 5.22. The summed E-state index contributed by atoms with van der Waals surface area (Å²) in [5.41, 5.74) is 27.8. The molecule has 0 saturated carbocycles. The summed E-state index contributed by atoms with van der Waals surface area (Å²) in [6.45, 7) is 0.0114. The molecule has 0 aliphatic carbocycles. The van der Waals surface area contributed by atoms with E-state index >= 15 is 0 Å². The summed E-state index contributed by atoms with van der Waals surface area (Å²) in [5.74, 6) is -3.33. The van der Waals surface area contributed by atoms with Gasteiger partial charge in [-0.25, -0.2) is 4.79 Å². The topological polar surface area (TPSA) is 279 Å². The van der Waals surface area contributed by atoms with Gasteiger partial charge in [0, 0.05) is 19.5 Å². The van der Waals surface area contributed by atoms with Crippen LogP contribution < -0.4 is 44.6 Å². The van der Waals surface area contributed by atoms with Crippen LogP contribution in [-0.4, -0.2) is 78.5 Å². The smallest absolute Gasteiger partial charge is 0.326 e. The van der Waals surface area contributed by atoms with Gasteiger partial charge in [0.25, 0.3) is 0 Å². The highest BCUT2D eigenvalue weighted by atomic mass is 16.4. The number of carboxylic acids is 1. The van der Waals surface area contributed by atoms with Crippen LogP contribution in [0.4, 0.5) is 0 Å². The van der Waals surface area contributed by atoms with Crippen molar-refractivity contribution in [3.05, 3.63) is 35.9 Å². The third kappa shape index (κ3) is 13.6. The van der Waals surface area contributed by atoms with E-state index in [9.17, 15) is 24.3 Å². The molecular formula is C23H38N10O5. The second kappa shape index (κ2) is 17.1. The fraction of sp³-hybridized carbons (Fsp3) is 0.478. The van der Waals surface area contributed by atoms with Crippen LogP contribution in [0.25, 0.3) is 0 Å². The Hall–Kier alpha value is -4.40. The maximum Gasteiger partial charge on any atom is 0.326 e. The highest BCUT2D eigenvalue weighted by Gasteiger charge is 2.25. The Labute approximate surface area is 220 Å². The van der Waals surface area contributed by atoms with Crippen molar-refractivity contribution in [3.63, 3.8) is 0 Å². The number of guanidine groups is 2. The van der Waals surface area contributed by atoms with Crippen LogP contribution in [0.3, 0.4) is 0 Å². The Morgan fingerprint density at radius 3 is 1.95 bits per heavy atom. The lowest BCUT2D eigenvalue weighted by atomic mass is 10.1. The van der Waals surface area contributed by atoms with Crippen molar-refractivity contribution < 1.29 is 24.3 Å². The maximum absolute atomic E-state index is 12.8. The molecule has 1 rings (SSSR count). The lowest BCUT2D eigenvalue weighted by Gasteiger charge is -2.21. The van der Waals surface area contributed by atoms with E-state index < -0.39 is 48.4 Å². The quantitative estimate of drug-likeness (QED) is 0.0549. The Kier molecular flexibility index (Phi) is 14.3. The number of nitrogens with one attached hydrogen (secondary N) is 3. The van der Waals surface area contributed by atoms with Crippen molar-refractivity contribution in [3.8, 4) is 0 Å². The molecule has 38 heavy (non-hydrogen) atoms. The number of hydrogen-bond donors (Lipinski definition) is 9. The van der Waals surface area contributed by atoms with Crippen LogP contribution in [0.2, 0.25) is 0 Å². The number of benzene rings is 1. The predicted molar refractivity (Wildman–Crippen MR) is 142 cm³/mol. The molecule has 15 nitrogen and oxygen atoms in total. The molecule has 0 bridgehead atoms. The van der Waals surface area contributed by atoms with Crippen molar-refractivity contribution in [2.24, 2.45) is 38.7 Å². The summed E-state index contributed by atoms with van der Waals surface area (Å²) >= 11 is 0. The van der Waals surface area contributed by atoms with Crippen molar-refractivity contribution in [2.45, 2.75) is 50.2 Å². The molecule has 0 heterocycles. The number of hydrogen-bond acceptors (Lipinski definition) is 7. The largest absolute Gasteiger partial charge is 0.480 e. The van der Waals surface area contributed by atoms with Gasteiger partial charge in [0.15, 0.2) is 11.9 Å². The summed E-state index contributed by atoms with van der Waals surface area (Å²) in [6.07, 6.45) is 1.29. The average molecular weight is 535 g/mol. The van der Waals surface area contributed by atoms with Gasteiger partial charge in [0.2, 0.25) is 17.7 Å². The molecule has 15 heteroatoms. The van der Waals surface area contributed by atoms with Crippen molar-refractivity contribution in [1.82, 2.24) is 16.0 Å². The van der Waals surface area contributed by atoms with Crippen molar-refractivity contribution in [1.29, 1.82) is 0 Å². The summed E-state index contributed by atoms with van der Waals surface area (Å²) < 4.78 is 0. The molecule has 0 fully saturated rings. The Bertz CT molecular complexity index is 978. The molecule has 0 aliphatic rings. The zero-order valence-electron chi connectivity index (χ0n) is 21.1. The molecule has 1 aromatic carbocycles. The molecule has 0 spiro atoms. The van der Waals surface area contributed by atoms with Crippen LogP contribution in [0.5, 0.6) is 0 Å².